The summed E-state index contributed by atoms with van der Waals surface area (Å²) in [6, 6.07) is 12.1. The molecule has 0 aliphatic heterocycles. The van der Waals surface area contributed by atoms with Crippen LogP contribution in [0.1, 0.15) is 11.1 Å². The van der Waals surface area contributed by atoms with Crippen LogP contribution in [0.15, 0.2) is 53.5 Å². The molecule has 0 amide bonds. The Morgan fingerprint density at radius 1 is 1.00 bits per heavy atom. The zero-order valence-corrected chi connectivity index (χ0v) is 10.7. The van der Waals surface area contributed by atoms with Gasteiger partial charge in [-0.3, -0.25) is 4.99 Å². The van der Waals surface area contributed by atoms with E-state index in [1.54, 1.807) is 31.4 Å². The summed E-state index contributed by atoms with van der Waals surface area (Å²) in [7, 11) is 1.54. The third-order valence-corrected chi connectivity index (χ3v) is 2.68. The predicted molar refractivity (Wildman–Crippen MR) is 71.7 cm³/mol. The number of nitrogens with zero attached hydrogens (tertiary/aromatic N) is 1. The molecule has 0 aliphatic carbocycles. The van der Waals surface area contributed by atoms with Crippen molar-refractivity contribution in [2.24, 2.45) is 4.99 Å². The second kappa shape index (κ2) is 5.77. The lowest BCUT2D eigenvalue weighted by Crippen LogP contribution is -2.04. The van der Waals surface area contributed by atoms with Crippen LogP contribution in [0.2, 0.25) is 0 Å². The SMILES string of the molecule is COc1ccc(C=Nc2ccccc2C(F)(F)F)cc1. The predicted octanol–water partition coefficient (Wildman–Crippen LogP) is 4.46. The Hall–Kier alpha value is -2.30. The fourth-order valence-corrected chi connectivity index (χ4v) is 1.66. The number of hydrogen-bond donors (Lipinski definition) is 0. The summed E-state index contributed by atoms with van der Waals surface area (Å²) in [4.78, 5) is 3.91. The monoisotopic (exact) mass is 279 g/mol. The van der Waals surface area contributed by atoms with Gasteiger partial charge in [0.2, 0.25) is 0 Å². The number of rotatable bonds is 3. The average Bonchev–Trinajstić information content (AvgIpc) is 2.45. The fraction of sp³-hybridized carbons (Fsp3) is 0.133. The van der Waals surface area contributed by atoms with Crippen molar-refractivity contribution >= 4 is 11.9 Å². The van der Waals surface area contributed by atoms with Gasteiger partial charge in [0.25, 0.3) is 0 Å². The minimum atomic E-state index is -4.41. The van der Waals surface area contributed by atoms with Crippen LogP contribution in [0.25, 0.3) is 0 Å². The topological polar surface area (TPSA) is 21.6 Å². The first kappa shape index (κ1) is 14.1. The minimum absolute atomic E-state index is 0.101. The Morgan fingerprint density at radius 3 is 2.25 bits per heavy atom. The van der Waals surface area contributed by atoms with Crippen molar-refractivity contribution in [3.8, 4) is 5.75 Å². The second-order valence-electron chi connectivity index (χ2n) is 4.05. The molecule has 0 saturated carbocycles. The number of para-hydroxylation sites is 1. The Kier molecular flexibility index (Phi) is 4.08. The molecule has 0 radical (unpaired) electrons. The van der Waals surface area contributed by atoms with Crippen LogP contribution in [0, 0.1) is 0 Å². The molecule has 0 atom stereocenters. The van der Waals surface area contributed by atoms with Crippen molar-refractivity contribution in [3.05, 3.63) is 59.7 Å². The van der Waals surface area contributed by atoms with Crippen LogP contribution in [-0.4, -0.2) is 13.3 Å². The zero-order chi connectivity index (χ0) is 14.6. The quantitative estimate of drug-likeness (QED) is 0.760. The van der Waals surface area contributed by atoms with Crippen molar-refractivity contribution in [3.63, 3.8) is 0 Å². The molecule has 2 aromatic carbocycles. The normalized spacial score (nSPS) is 11.8. The molecule has 0 fully saturated rings. The Balaban J connectivity index is 2.27. The van der Waals surface area contributed by atoms with E-state index in [1.165, 1.54) is 24.4 Å². The van der Waals surface area contributed by atoms with Gasteiger partial charge in [0, 0.05) is 6.21 Å². The molecule has 0 aliphatic rings. The van der Waals surface area contributed by atoms with E-state index < -0.39 is 11.7 Å². The third-order valence-electron chi connectivity index (χ3n) is 2.68. The lowest BCUT2D eigenvalue weighted by Gasteiger charge is -2.08. The van der Waals surface area contributed by atoms with E-state index in [0.717, 1.165) is 6.07 Å². The standard InChI is InChI=1S/C15H12F3NO/c1-20-12-8-6-11(7-9-12)10-19-14-5-3-2-4-13(14)15(16,17)18/h2-10H,1H3. The maximum atomic E-state index is 12.8. The van der Waals surface area contributed by atoms with E-state index in [4.69, 9.17) is 4.74 Å². The highest BCUT2D eigenvalue weighted by Gasteiger charge is 2.32. The molecule has 104 valence electrons. The van der Waals surface area contributed by atoms with Crippen molar-refractivity contribution in [2.75, 3.05) is 7.11 Å². The summed E-state index contributed by atoms with van der Waals surface area (Å²) < 4.78 is 43.3. The first-order valence-electron chi connectivity index (χ1n) is 5.85. The molecule has 0 bridgehead atoms. The van der Waals surface area contributed by atoms with E-state index in [9.17, 15) is 13.2 Å². The second-order valence-corrected chi connectivity index (χ2v) is 4.05. The Labute approximate surface area is 114 Å². The van der Waals surface area contributed by atoms with Crippen LogP contribution in [-0.2, 0) is 6.18 Å². The lowest BCUT2D eigenvalue weighted by molar-refractivity contribution is -0.137. The maximum Gasteiger partial charge on any atom is 0.418 e. The summed E-state index contributed by atoms with van der Waals surface area (Å²) in [5.74, 6) is 0.679. The molecule has 0 unspecified atom stereocenters. The van der Waals surface area contributed by atoms with E-state index in [1.807, 2.05) is 0 Å². The highest BCUT2D eigenvalue weighted by atomic mass is 19.4. The number of benzene rings is 2. The van der Waals surface area contributed by atoms with E-state index in [-0.39, 0.29) is 5.69 Å². The molecular formula is C15H12F3NO. The summed E-state index contributed by atoms with van der Waals surface area (Å²) in [6.07, 6.45) is -3.02. The molecule has 2 aromatic rings. The molecule has 0 spiro atoms. The van der Waals surface area contributed by atoms with Crippen LogP contribution >= 0.6 is 0 Å². The number of halogens is 3. The maximum absolute atomic E-state index is 12.8. The number of aliphatic imine (C=N–C) groups is 1. The zero-order valence-electron chi connectivity index (χ0n) is 10.7. The fourth-order valence-electron chi connectivity index (χ4n) is 1.66. The number of ether oxygens (including phenoxy) is 1. The highest BCUT2D eigenvalue weighted by molar-refractivity contribution is 5.82. The van der Waals surface area contributed by atoms with Crippen molar-refractivity contribution in [1.29, 1.82) is 0 Å². The van der Waals surface area contributed by atoms with Gasteiger partial charge in [0.05, 0.1) is 18.4 Å². The number of hydrogen-bond acceptors (Lipinski definition) is 2. The number of alkyl halides is 3. The smallest absolute Gasteiger partial charge is 0.418 e. The Morgan fingerprint density at radius 2 is 1.65 bits per heavy atom. The molecule has 0 saturated heterocycles. The van der Waals surface area contributed by atoms with Gasteiger partial charge in [-0.25, -0.2) is 0 Å². The third kappa shape index (κ3) is 3.38. The molecule has 2 rings (SSSR count). The molecule has 0 heterocycles. The molecular weight excluding hydrogens is 267 g/mol. The van der Waals surface area contributed by atoms with Gasteiger partial charge < -0.3 is 4.74 Å². The van der Waals surface area contributed by atoms with Crippen molar-refractivity contribution < 1.29 is 17.9 Å². The van der Waals surface area contributed by atoms with Gasteiger partial charge in [-0.2, -0.15) is 13.2 Å². The van der Waals surface area contributed by atoms with E-state index >= 15 is 0 Å². The van der Waals surface area contributed by atoms with Crippen LogP contribution < -0.4 is 4.74 Å². The minimum Gasteiger partial charge on any atom is -0.497 e. The molecule has 2 nitrogen and oxygen atoms in total. The molecule has 0 aromatic heterocycles. The van der Waals surface area contributed by atoms with Crippen molar-refractivity contribution in [2.45, 2.75) is 6.18 Å². The average molecular weight is 279 g/mol. The number of methoxy groups -OCH3 is 1. The van der Waals surface area contributed by atoms with Crippen molar-refractivity contribution in [1.82, 2.24) is 0 Å². The first-order valence-corrected chi connectivity index (χ1v) is 5.85. The van der Waals surface area contributed by atoms with Crippen LogP contribution in [0.3, 0.4) is 0 Å². The highest BCUT2D eigenvalue weighted by Crippen LogP contribution is 2.35. The van der Waals surface area contributed by atoms with Gasteiger partial charge in [0.1, 0.15) is 5.75 Å². The van der Waals surface area contributed by atoms with Gasteiger partial charge in [-0.1, -0.05) is 12.1 Å². The van der Waals surface area contributed by atoms with Gasteiger partial charge in [-0.15, -0.1) is 0 Å². The van der Waals surface area contributed by atoms with E-state index in [2.05, 4.69) is 4.99 Å². The largest absolute Gasteiger partial charge is 0.497 e. The van der Waals surface area contributed by atoms with E-state index in [0.29, 0.717) is 11.3 Å². The van der Waals surface area contributed by atoms with Gasteiger partial charge >= 0.3 is 6.18 Å². The van der Waals surface area contributed by atoms with Gasteiger partial charge in [-0.05, 0) is 42.0 Å². The summed E-state index contributed by atoms with van der Waals surface area (Å²) in [6.45, 7) is 0. The van der Waals surface area contributed by atoms with Gasteiger partial charge in [0.15, 0.2) is 0 Å². The summed E-state index contributed by atoms with van der Waals surface area (Å²) >= 11 is 0. The first-order chi connectivity index (χ1) is 9.50. The lowest BCUT2D eigenvalue weighted by atomic mass is 10.1. The Bertz CT molecular complexity index is 603. The van der Waals surface area contributed by atoms with Crippen LogP contribution in [0.5, 0.6) is 5.75 Å². The molecule has 0 N–H and O–H groups in total. The van der Waals surface area contributed by atoms with Crippen LogP contribution in [0.4, 0.5) is 18.9 Å². The summed E-state index contributed by atoms with van der Waals surface area (Å²) in [5.41, 5.74) is -0.150. The molecule has 20 heavy (non-hydrogen) atoms. The molecule has 5 heteroatoms. The summed E-state index contributed by atoms with van der Waals surface area (Å²) in [5, 5.41) is 0.